The molecular formula is C18H20O. The largest absolute Gasteiger partial charge is 0.384 e. The highest BCUT2D eigenvalue weighted by Crippen LogP contribution is 2.20. The lowest BCUT2D eigenvalue weighted by Crippen LogP contribution is -1.94. The van der Waals surface area contributed by atoms with Crippen molar-refractivity contribution in [2.75, 3.05) is 0 Å². The molecule has 0 aliphatic rings. The van der Waals surface area contributed by atoms with Gasteiger partial charge >= 0.3 is 0 Å². The highest BCUT2D eigenvalue weighted by Gasteiger charge is 2.04. The Bertz CT molecular complexity index is 523. The van der Waals surface area contributed by atoms with Crippen molar-refractivity contribution < 1.29 is 5.11 Å². The van der Waals surface area contributed by atoms with Crippen molar-refractivity contribution in [3.05, 3.63) is 77.4 Å². The summed E-state index contributed by atoms with van der Waals surface area (Å²) in [6.07, 6.45) is 3.21. The van der Waals surface area contributed by atoms with Crippen molar-refractivity contribution in [2.24, 2.45) is 0 Å². The van der Waals surface area contributed by atoms with Gasteiger partial charge in [-0.15, -0.1) is 0 Å². The number of rotatable bonds is 4. The van der Waals surface area contributed by atoms with Gasteiger partial charge in [-0.3, -0.25) is 0 Å². The zero-order valence-corrected chi connectivity index (χ0v) is 11.5. The van der Waals surface area contributed by atoms with Gasteiger partial charge in [0.25, 0.3) is 0 Å². The van der Waals surface area contributed by atoms with Crippen molar-refractivity contribution in [2.45, 2.75) is 25.9 Å². The normalized spacial score (nSPS) is 13.1. The summed E-state index contributed by atoms with van der Waals surface area (Å²) in [7, 11) is 0. The highest BCUT2D eigenvalue weighted by atomic mass is 16.3. The van der Waals surface area contributed by atoms with Gasteiger partial charge in [0.1, 0.15) is 0 Å². The monoisotopic (exact) mass is 252 g/mol. The summed E-state index contributed by atoms with van der Waals surface area (Å²) in [5.74, 6) is 0.519. The van der Waals surface area contributed by atoms with Crippen LogP contribution in [0.1, 0.15) is 42.6 Å². The molecule has 0 aromatic heterocycles. The van der Waals surface area contributed by atoms with E-state index in [0.717, 1.165) is 11.1 Å². The lowest BCUT2D eigenvalue weighted by molar-refractivity contribution is 0.229. The summed E-state index contributed by atoms with van der Waals surface area (Å²) in [6, 6.07) is 18.2. The molecule has 98 valence electrons. The van der Waals surface area contributed by atoms with Gasteiger partial charge in [0.2, 0.25) is 0 Å². The van der Waals surface area contributed by atoms with Crippen LogP contribution in [0.2, 0.25) is 0 Å². The third-order valence-corrected chi connectivity index (χ3v) is 3.22. The maximum atomic E-state index is 10.1. The fourth-order valence-corrected chi connectivity index (χ4v) is 1.96. The van der Waals surface area contributed by atoms with Gasteiger partial charge in [-0.05, 0) is 22.6 Å². The molecule has 0 amide bonds. The van der Waals surface area contributed by atoms with Crippen LogP contribution in [-0.2, 0) is 0 Å². The molecule has 1 unspecified atom stereocenters. The van der Waals surface area contributed by atoms with Gasteiger partial charge in [0, 0.05) is 0 Å². The van der Waals surface area contributed by atoms with Crippen LogP contribution in [0.4, 0.5) is 0 Å². The van der Waals surface area contributed by atoms with E-state index in [1.807, 2.05) is 54.6 Å². The zero-order valence-electron chi connectivity index (χ0n) is 11.5. The predicted molar refractivity (Wildman–Crippen MR) is 81.0 cm³/mol. The number of benzene rings is 2. The Hall–Kier alpha value is -1.86. The Kier molecular flexibility index (Phi) is 4.53. The molecule has 0 aliphatic carbocycles. The topological polar surface area (TPSA) is 20.2 Å². The molecule has 1 nitrogen and oxygen atoms in total. The molecule has 19 heavy (non-hydrogen) atoms. The van der Waals surface area contributed by atoms with E-state index in [2.05, 4.69) is 26.0 Å². The van der Waals surface area contributed by atoms with Gasteiger partial charge in [0.05, 0.1) is 6.10 Å². The van der Waals surface area contributed by atoms with E-state index in [-0.39, 0.29) is 0 Å². The quantitative estimate of drug-likeness (QED) is 0.846. The standard InChI is InChI=1S/C18H20O/c1-14(2)16-9-11-17(12-10-16)18(19)13-8-15-6-4-3-5-7-15/h3-14,18-19H,1-2H3/b13-8+. The van der Waals surface area contributed by atoms with Crippen molar-refractivity contribution in [1.82, 2.24) is 0 Å². The van der Waals surface area contributed by atoms with Crippen LogP contribution in [0.15, 0.2) is 60.7 Å². The molecule has 2 aromatic carbocycles. The molecular weight excluding hydrogens is 232 g/mol. The average molecular weight is 252 g/mol. The summed E-state index contributed by atoms with van der Waals surface area (Å²) in [4.78, 5) is 0. The molecule has 0 spiro atoms. The molecule has 1 atom stereocenters. The Balaban J connectivity index is 2.07. The molecule has 0 heterocycles. The first-order chi connectivity index (χ1) is 9.16. The van der Waals surface area contributed by atoms with Crippen molar-refractivity contribution in [3.63, 3.8) is 0 Å². The van der Waals surface area contributed by atoms with E-state index in [4.69, 9.17) is 0 Å². The Morgan fingerprint density at radius 3 is 2.00 bits per heavy atom. The lowest BCUT2D eigenvalue weighted by Gasteiger charge is -2.09. The van der Waals surface area contributed by atoms with Crippen molar-refractivity contribution in [3.8, 4) is 0 Å². The Morgan fingerprint density at radius 1 is 0.842 bits per heavy atom. The van der Waals surface area contributed by atoms with Crippen LogP contribution < -0.4 is 0 Å². The average Bonchev–Trinajstić information content (AvgIpc) is 2.46. The molecule has 1 N–H and O–H groups in total. The third-order valence-electron chi connectivity index (χ3n) is 3.22. The third kappa shape index (κ3) is 3.80. The molecule has 0 saturated carbocycles. The molecule has 0 aliphatic heterocycles. The maximum Gasteiger partial charge on any atom is 0.0975 e. The summed E-state index contributed by atoms with van der Waals surface area (Å²) in [5.41, 5.74) is 3.32. The summed E-state index contributed by atoms with van der Waals surface area (Å²) in [6.45, 7) is 4.33. The van der Waals surface area contributed by atoms with Crippen LogP contribution in [0.25, 0.3) is 6.08 Å². The Morgan fingerprint density at radius 2 is 1.42 bits per heavy atom. The highest BCUT2D eigenvalue weighted by molar-refractivity contribution is 5.50. The second-order valence-electron chi connectivity index (χ2n) is 5.04. The number of aliphatic hydroxyl groups is 1. The summed E-state index contributed by atoms with van der Waals surface area (Å²) >= 11 is 0. The number of aliphatic hydroxyl groups excluding tert-OH is 1. The van der Waals surface area contributed by atoms with E-state index in [1.165, 1.54) is 5.56 Å². The second-order valence-corrected chi connectivity index (χ2v) is 5.04. The minimum Gasteiger partial charge on any atom is -0.384 e. The number of hydrogen-bond donors (Lipinski definition) is 1. The minimum absolute atomic E-state index is 0.519. The van der Waals surface area contributed by atoms with E-state index in [0.29, 0.717) is 5.92 Å². The van der Waals surface area contributed by atoms with Crippen LogP contribution in [0, 0.1) is 0 Å². The fraction of sp³-hybridized carbons (Fsp3) is 0.222. The first-order valence-electron chi connectivity index (χ1n) is 6.68. The predicted octanol–water partition coefficient (Wildman–Crippen LogP) is 4.56. The molecule has 1 heteroatoms. The van der Waals surface area contributed by atoms with E-state index in [1.54, 1.807) is 0 Å². The molecule has 0 bridgehead atoms. The summed E-state index contributed by atoms with van der Waals surface area (Å²) in [5, 5.41) is 10.1. The summed E-state index contributed by atoms with van der Waals surface area (Å²) < 4.78 is 0. The van der Waals surface area contributed by atoms with Crippen LogP contribution in [-0.4, -0.2) is 5.11 Å². The lowest BCUT2D eigenvalue weighted by atomic mass is 9.99. The second kappa shape index (κ2) is 6.35. The smallest absolute Gasteiger partial charge is 0.0975 e. The molecule has 2 rings (SSSR count). The van der Waals surface area contributed by atoms with E-state index >= 15 is 0 Å². The van der Waals surface area contributed by atoms with E-state index in [9.17, 15) is 5.11 Å². The van der Waals surface area contributed by atoms with Gasteiger partial charge in [-0.25, -0.2) is 0 Å². The zero-order chi connectivity index (χ0) is 13.7. The van der Waals surface area contributed by atoms with Gasteiger partial charge in [-0.1, -0.05) is 80.6 Å². The van der Waals surface area contributed by atoms with Gasteiger partial charge in [0.15, 0.2) is 0 Å². The van der Waals surface area contributed by atoms with Crippen molar-refractivity contribution >= 4 is 6.08 Å². The fourth-order valence-electron chi connectivity index (χ4n) is 1.96. The van der Waals surface area contributed by atoms with Crippen molar-refractivity contribution in [1.29, 1.82) is 0 Å². The minimum atomic E-state index is -0.554. The van der Waals surface area contributed by atoms with Gasteiger partial charge < -0.3 is 5.11 Å². The molecule has 0 radical (unpaired) electrons. The van der Waals surface area contributed by atoms with Crippen LogP contribution in [0.3, 0.4) is 0 Å². The van der Waals surface area contributed by atoms with Crippen LogP contribution >= 0.6 is 0 Å². The van der Waals surface area contributed by atoms with Gasteiger partial charge in [-0.2, -0.15) is 0 Å². The van der Waals surface area contributed by atoms with Crippen LogP contribution in [0.5, 0.6) is 0 Å². The van der Waals surface area contributed by atoms with E-state index < -0.39 is 6.10 Å². The first-order valence-corrected chi connectivity index (χ1v) is 6.68. The molecule has 0 saturated heterocycles. The molecule has 0 fully saturated rings. The maximum absolute atomic E-state index is 10.1. The number of hydrogen-bond acceptors (Lipinski definition) is 1. The SMILES string of the molecule is CC(C)c1ccc(C(O)/C=C/c2ccccc2)cc1. The molecule has 2 aromatic rings. The first kappa shape index (κ1) is 13.6. The Labute approximate surface area is 115 Å².